The summed E-state index contributed by atoms with van der Waals surface area (Å²) in [5.41, 5.74) is 0. The van der Waals surface area contributed by atoms with Gasteiger partial charge in [0.1, 0.15) is 0 Å². The van der Waals surface area contributed by atoms with Crippen LogP contribution in [0.1, 0.15) is 45.4 Å². The zero-order chi connectivity index (χ0) is 13.0. The Kier molecular flexibility index (Phi) is 5.31. The molecule has 3 nitrogen and oxygen atoms in total. The summed E-state index contributed by atoms with van der Waals surface area (Å²) in [7, 11) is 0. The van der Waals surface area contributed by atoms with Gasteiger partial charge in [0.15, 0.2) is 0 Å². The SMILES string of the molecule is CC1CN(C(=O)CC2CCCCC2)CC(CCl)O1. The van der Waals surface area contributed by atoms with E-state index in [9.17, 15) is 4.79 Å². The van der Waals surface area contributed by atoms with Gasteiger partial charge in [-0.3, -0.25) is 4.79 Å². The molecule has 0 spiro atoms. The van der Waals surface area contributed by atoms with E-state index in [1.54, 1.807) is 0 Å². The molecule has 2 unspecified atom stereocenters. The number of carbonyl (C=O) groups is 1. The van der Waals surface area contributed by atoms with Gasteiger partial charge in [0.05, 0.1) is 18.1 Å². The van der Waals surface area contributed by atoms with Crippen molar-refractivity contribution in [3.05, 3.63) is 0 Å². The lowest BCUT2D eigenvalue weighted by Crippen LogP contribution is -2.50. The van der Waals surface area contributed by atoms with Gasteiger partial charge in [-0.2, -0.15) is 0 Å². The van der Waals surface area contributed by atoms with E-state index in [-0.39, 0.29) is 12.2 Å². The van der Waals surface area contributed by atoms with E-state index < -0.39 is 0 Å². The molecule has 1 saturated heterocycles. The van der Waals surface area contributed by atoms with Crippen molar-refractivity contribution >= 4 is 17.5 Å². The lowest BCUT2D eigenvalue weighted by Gasteiger charge is -2.37. The van der Waals surface area contributed by atoms with Gasteiger partial charge in [0.2, 0.25) is 5.91 Å². The highest BCUT2D eigenvalue weighted by atomic mass is 35.5. The van der Waals surface area contributed by atoms with Crippen LogP contribution in [0.2, 0.25) is 0 Å². The van der Waals surface area contributed by atoms with Gasteiger partial charge in [0.25, 0.3) is 0 Å². The van der Waals surface area contributed by atoms with Crippen molar-refractivity contribution in [2.24, 2.45) is 5.92 Å². The Balaban J connectivity index is 1.83. The number of amides is 1. The molecule has 2 atom stereocenters. The minimum absolute atomic E-state index is 0.00530. The third-order valence-electron chi connectivity index (χ3n) is 4.04. The van der Waals surface area contributed by atoms with Crippen LogP contribution in [0.3, 0.4) is 0 Å². The molecule has 1 aliphatic carbocycles. The average molecular weight is 274 g/mol. The molecular weight excluding hydrogens is 250 g/mol. The minimum Gasteiger partial charge on any atom is -0.370 e. The summed E-state index contributed by atoms with van der Waals surface area (Å²) < 4.78 is 5.68. The molecule has 1 aliphatic heterocycles. The first-order chi connectivity index (χ1) is 8.69. The van der Waals surface area contributed by atoms with Crippen molar-refractivity contribution < 1.29 is 9.53 Å². The average Bonchev–Trinajstić information content (AvgIpc) is 2.39. The molecule has 0 aromatic heterocycles. The van der Waals surface area contributed by atoms with Crippen LogP contribution >= 0.6 is 11.6 Å². The van der Waals surface area contributed by atoms with Crippen molar-refractivity contribution in [2.75, 3.05) is 19.0 Å². The highest BCUT2D eigenvalue weighted by Gasteiger charge is 2.29. The molecule has 1 heterocycles. The predicted octanol–water partition coefficient (Wildman–Crippen LogP) is 2.81. The lowest BCUT2D eigenvalue weighted by atomic mass is 9.86. The Bertz CT molecular complexity index is 279. The second-order valence-corrected chi connectivity index (χ2v) is 6.04. The summed E-state index contributed by atoms with van der Waals surface area (Å²) in [5, 5.41) is 0. The van der Waals surface area contributed by atoms with Crippen LogP contribution in [0.4, 0.5) is 0 Å². The summed E-state index contributed by atoms with van der Waals surface area (Å²) in [6.07, 6.45) is 7.22. The first-order valence-corrected chi connectivity index (χ1v) is 7.71. The summed E-state index contributed by atoms with van der Waals surface area (Å²) in [6, 6.07) is 0. The summed E-state index contributed by atoms with van der Waals surface area (Å²) in [4.78, 5) is 14.3. The molecule has 0 aromatic carbocycles. The van der Waals surface area contributed by atoms with Crippen LogP contribution in [-0.4, -0.2) is 42.0 Å². The number of nitrogens with zero attached hydrogens (tertiary/aromatic N) is 1. The second-order valence-electron chi connectivity index (χ2n) is 5.73. The molecule has 0 N–H and O–H groups in total. The molecule has 2 rings (SSSR count). The quantitative estimate of drug-likeness (QED) is 0.740. The number of alkyl halides is 1. The fraction of sp³-hybridized carbons (Fsp3) is 0.929. The van der Waals surface area contributed by atoms with E-state index in [1.165, 1.54) is 32.1 Å². The fourth-order valence-electron chi connectivity index (χ4n) is 3.10. The molecule has 0 radical (unpaired) electrons. The van der Waals surface area contributed by atoms with E-state index in [4.69, 9.17) is 16.3 Å². The van der Waals surface area contributed by atoms with E-state index in [0.29, 0.717) is 24.2 Å². The number of rotatable bonds is 3. The van der Waals surface area contributed by atoms with Gasteiger partial charge in [-0.15, -0.1) is 11.6 Å². The molecule has 104 valence electrons. The molecular formula is C14H24ClNO2. The molecule has 2 fully saturated rings. The van der Waals surface area contributed by atoms with Crippen LogP contribution in [0.5, 0.6) is 0 Å². The number of carbonyl (C=O) groups excluding carboxylic acids is 1. The maximum absolute atomic E-state index is 12.3. The Morgan fingerprint density at radius 1 is 1.28 bits per heavy atom. The standard InChI is InChI=1S/C14H24ClNO2/c1-11-9-16(10-13(8-15)18-11)14(17)7-12-5-3-2-4-6-12/h11-13H,2-10H2,1H3. The van der Waals surface area contributed by atoms with Crippen molar-refractivity contribution in [3.8, 4) is 0 Å². The van der Waals surface area contributed by atoms with Gasteiger partial charge >= 0.3 is 0 Å². The molecule has 0 bridgehead atoms. The van der Waals surface area contributed by atoms with Crippen LogP contribution in [0.25, 0.3) is 0 Å². The molecule has 18 heavy (non-hydrogen) atoms. The summed E-state index contributed by atoms with van der Waals surface area (Å²) >= 11 is 5.84. The Morgan fingerprint density at radius 2 is 2.00 bits per heavy atom. The van der Waals surface area contributed by atoms with Gasteiger partial charge in [-0.05, 0) is 25.7 Å². The zero-order valence-electron chi connectivity index (χ0n) is 11.2. The second kappa shape index (κ2) is 6.76. The van der Waals surface area contributed by atoms with E-state index in [2.05, 4.69) is 0 Å². The number of ether oxygens (including phenoxy) is 1. The van der Waals surface area contributed by atoms with Crippen molar-refractivity contribution in [2.45, 2.75) is 57.7 Å². The number of hydrogen-bond donors (Lipinski definition) is 0. The monoisotopic (exact) mass is 273 g/mol. The predicted molar refractivity (Wildman–Crippen MR) is 72.8 cm³/mol. The fourth-order valence-corrected chi connectivity index (χ4v) is 3.27. The maximum Gasteiger partial charge on any atom is 0.223 e. The van der Waals surface area contributed by atoms with Gasteiger partial charge in [-0.1, -0.05) is 19.3 Å². The largest absolute Gasteiger partial charge is 0.370 e. The van der Waals surface area contributed by atoms with Crippen LogP contribution in [-0.2, 0) is 9.53 Å². The molecule has 1 saturated carbocycles. The van der Waals surface area contributed by atoms with Gasteiger partial charge in [0, 0.05) is 19.5 Å². The topological polar surface area (TPSA) is 29.5 Å². The molecule has 1 amide bonds. The van der Waals surface area contributed by atoms with E-state index in [0.717, 1.165) is 13.0 Å². The highest BCUT2D eigenvalue weighted by Crippen LogP contribution is 2.27. The molecule has 0 aromatic rings. The Labute approximate surface area is 115 Å². The summed E-state index contributed by atoms with van der Waals surface area (Å²) in [5.74, 6) is 1.38. The number of halogens is 1. The Morgan fingerprint density at radius 3 is 2.67 bits per heavy atom. The van der Waals surface area contributed by atoms with Crippen molar-refractivity contribution in [1.82, 2.24) is 4.90 Å². The molecule has 4 heteroatoms. The van der Waals surface area contributed by atoms with Gasteiger partial charge < -0.3 is 9.64 Å². The first kappa shape index (κ1) is 14.1. The Hall–Kier alpha value is -0.280. The van der Waals surface area contributed by atoms with E-state index >= 15 is 0 Å². The third-order valence-corrected chi connectivity index (χ3v) is 4.38. The number of morpholine rings is 1. The third kappa shape index (κ3) is 3.86. The van der Waals surface area contributed by atoms with E-state index in [1.807, 2.05) is 11.8 Å². The van der Waals surface area contributed by atoms with Crippen LogP contribution in [0, 0.1) is 5.92 Å². The normalized spacial score (nSPS) is 30.4. The number of hydrogen-bond acceptors (Lipinski definition) is 2. The highest BCUT2D eigenvalue weighted by molar-refractivity contribution is 6.18. The smallest absolute Gasteiger partial charge is 0.223 e. The van der Waals surface area contributed by atoms with Gasteiger partial charge in [-0.25, -0.2) is 0 Å². The maximum atomic E-state index is 12.3. The first-order valence-electron chi connectivity index (χ1n) is 7.18. The summed E-state index contributed by atoms with van der Waals surface area (Å²) in [6.45, 7) is 3.40. The zero-order valence-corrected chi connectivity index (χ0v) is 12.0. The molecule has 2 aliphatic rings. The minimum atomic E-state index is 0.00530. The van der Waals surface area contributed by atoms with Crippen molar-refractivity contribution in [3.63, 3.8) is 0 Å². The van der Waals surface area contributed by atoms with Crippen LogP contribution < -0.4 is 0 Å². The van der Waals surface area contributed by atoms with Crippen LogP contribution in [0.15, 0.2) is 0 Å². The van der Waals surface area contributed by atoms with Crippen molar-refractivity contribution in [1.29, 1.82) is 0 Å². The lowest BCUT2D eigenvalue weighted by molar-refractivity contribution is -0.144.